The minimum Gasteiger partial charge on any atom is -0.481 e. The number of halogens is 1. The van der Waals surface area contributed by atoms with E-state index in [9.17, 15) is 8.42 Å². The molecule has 0 unspecified atom stereocenters. The average molecular weight is 496 g/mol. The fourth-order valence-corrected chi connectivity index (χ4v) is 4.38. The lowest BCUT2D eigenvalue weighted by atomic mass is 10.2. The molecule has 3 aromatic rings. The molecule has 0 fully saturated rings. The first-order chi connectivity index (χ1) is 15.7. The van der Waals surface area contributed by atoms with Gasteiger partial charge in [0.25, 0.3) is 0 Å². The monoisotopic (exact) mass is 495 g/mol. The normalized spacial score (nSPS) is 14.5. The number of hydrogen-bond acceptors (Lipinski definition) is 9. The Bertz CT molecular complexity index is 1190. The summed E-state index contributed by atoms with van der Waals surface area (Å²) < 4.78 is 41.4. The molecular formula is C20H26ClN7O4S. The zero-order chi connectivity index (χ0) is 24.2. The Balaban J connectivity index is 1.97. The van der Waals surface area contributed by atoms with Crippen molar-refractivity contribution in [2.24, 2.45) is 0 Å². The smallest absolute Gasteiger partial charge is 0.240 e. The summed E-state index contributed by atoms with van der Waals surface area (Å²) in [6, 6.07) is 5.12. The molecule has 3 aromatic heterocycles. The highest BCUT2D eigenvalue weighted by atomic mass is 35.5. The lowest BCUT2D eigenvalue weighted by Gasteiger charge is -2.23. The van der Waals surface area contributed by atoms with Crippen molar-refractivity contribution in [3.8, 4) is 17.4 Å². The van der Waals surface area contributed by atoms with Gasteiger partial charge in [0, 0.05) is 31.6 Å². The molecule has 0 aromatic carbocycles. The molecule has 3 heterocycles. The van der Waals surface area contributed by atoms with Crippen molar-refractivity contribution in [3.63, 3.8) is 0 Å². The average Bonchev–Trinajstić information content (AvgIpc) is 3.23. The fourth-order valence-electron chi connectivity index (χ4n) is 3.15. The lowest BCUT2D eigenvalue weighted by molar-refractivity contribution is 0.0950. The molecule has 0 saturated heterocycles. The molecule has 0 bridgehead atoms. The molecule has 1 N–H and O–H groups in total. The summed E-state index contributed by atoms with van der Waals surface area (Å²) in [5.41, 5.74) is 0.505. The molecule has 0 aliphatic heterocycles. The van der Waals surface area contributed by atoms with E-state index >= 15 is 0 Å². The Morgan fingerprint density at radius 2 is 1.85 bits per heavy atom. The van der Waals surface area contributed by atoms with E-state index in [1.807, 2.05) is 13.8 Å². The highest BCUT2D eigenvalue weighted by Gasteiger charge is 2.34. The second-order valence-corrected chi connectivity index (χ2v) is 9.78. The van der Waals surface area contributed by atoms with E-state index < -0.39 is 21.4 Å². The summed E-state index contributed by atoms with van der Waals surface area (Å²) in [7, 11) is -1.08. The highest BCUT2D eigenvalue weighted by molar-refractivity contribution is 7.93. The van der Waals surface area contributed by atoms with Crippen molar-refractivity contribution < 1.29 is 17.9 Å². The van der Waals surface area contributed by atoms with Crippen molar-refractivity contribution in [3.05, 3.63) is 41.4 Å². The van der Waals surface area contributed by atoms with Crippen LogP contribution in [0.2, 0.25) is 5.02 Å². The SMILES string of the molecule is CC[C@H](C)n1c(NS(=O)(=O)[C@@H](C)[C@H](OC)c2ncc(Cl)cn2)nnc1-c1cccc(OC)n1. The zero-order valence-electron chi connectivity index (χ0n) is 18.9. The van der Waals surface area contributed by atoms with E-state index in [0.717, 1.165) is 0 Å². The molecule has 3 rings (SSSR count). The molecule has 13 heteroatoms. The third-order valence-electron chi connectivity index (χ3n) is 5.19. The maximum atomic E-state index is 13.3. The van der Waals surface area contributed by atoms with Crippen LogP contribution in [0, 0.1) is 0 Å². The topological polar surface area (TPSA) is 134 Å². The molecule has 33 heavy (non-hydrogen) atoms. The number of methoxy groups -OCH3 is 2. The number of pyridine rings is 1. The summed E-state index contributed by atoms with van der Waals surface area (Å²) in [5.74, 6) is 1.10. The Morgan fingerprint density at radius 3 is 2.45 bits per heavy atom. The van der Waals surface area contributed by atoms with Crippen molar-refractivity contribution >= 4 is 27.6 Å². The third kappa shape index (κ3) is 5.40. The van der Waals surface area contributed by atoms with Crippen LogP contribution in [-0.4, -0.2) is 57.6 Å². The van der Waals surface area contributed by atoms with Gasteiger partial charge in [0.1, 0.15) is 17.0 Å². The molecule has 178 valence electrons. The highest BCUT2D eigenvalue weighted by Crippen LogP contribution is 2.29. The maximum Gasteiger partial charge on any atom is 0.240 e. The van der Waals surface area contributed by atoms with Gasteiger partial charge in [-0.15, -0.1) is 10.2 Å². The van der Waals surface area contributed by atoms with Gasteiger partial charge in [0.2, 0.25) is 21.9 Å². The van der Waals surface area contributed by atoms with Crippen LogP contribution in [0.3, 0.4) is 0 Å². The summed E-state index contributed by atoms with van der Waals surface area (Å²) in [6.45, 7) is 5.42. The first-order valence-corrected chi connectivity index (χ1v) is 12.1. The summed E-state index contributed by atoms with van der Waals surface area (Å²) >= 11 is 5.84. The number of ether oxygens (including phenoxy) is 2. The van der Waals surface area contributed by atoms with Crippen LogP contribution < -0.4 is 9.46 Å². The Hall–Kier alpha value is -2.83. The second-order valence-electron chi connectivity index (χ2n) is 7.31. The number of aromatic nitrogens is 6. The van der Waals surface area contributed by atoms with Crippen LogP contribution in [0.25, 0.3) is 11.5 Å². The number of rotatable bonds is 10. The van der Waals surface area contributed by atoms with Gasteiger partial charge in [-0.05, 0) is 26.3 Å². The van der Waals surface area contributed by atoms with Crippen LogP contribution in [0.4, 0.5) is 5.95 Å². The van der Waals surface area contributed by atoms with Crippen molar-refractivity contribution in [1.29, 1.82) is 0 Å². The molecule has 0 spiro atoms. The fraction of sp³-hybridized carbons (Fsp3) is 0.450. The molecule has 0 radical (unpaired) electrons. The minimum absolute atomic E-state index is 0.0719. The van der Waals surface area contributed by atoms with Crippen molar-refractivity contribution in [2.45, 2.75) is 44.6 Å². The van der Waals surface area contributed by atoms with Crippen LogP contribution in [-0.2, 0) is 14.8 Å². The summed E-state index contributed by atoms with van der Waals surface area (Å²) in [4.78, 5) is 12.6. The van der Waals surface area contributed by atoms with Gasteiger partial charge in [-0.25, -0.2) is 23.4 Å². The lowest BCUT2D eigenvalue weighted by Crippen LogP contribution is -2.33. The van der Waals surface area contributed by atoms with Gasteiger partial charge in [-0.3, -0.25) is 9.29 Å². The summed E-state index contributed by atoms with van der Waals surface area (Å²) in [6.07, 6.45) is 2.54. The minimum atomic E-state index is -3.99. The van der Waals surface area contributed by atoms with E-state index in [1.54, 1.807) is 22.8 Å². The van der Waals surface area contributed by atoms with Gasteiger partial charge < -0.3 is 9.47 Å². The van der Waals surface area contributed by atoms with Crippen LogP contribution in [0.15, 0.2) is 30.6 Å². The molecule has 0 aliphatic rings. The van der Waals surface area contributed by atoms with E-state index in [1.165, 1.54) is 33.5 Å². The Kier molecular flexibility index (Phi) is 7.82. The van der Waals surface area contributed by atoms with Crippen LogP contribution in [0.1, 0.15) is 45.2 Å². The van der Waals surface area contributed by atoms with E-state index in [-0.39, 0.29) is 17.8 Å². The first kappa shape index (κ1) is 24.8. The van der Waals surface area contributed by atoms with Gasteiger partial charge >= 0.3 is 0 Å². The Morgan fingerprint density at radius 1 is 1.15 bits per heavy atom. The largest absolute Gasteiger partial charge is 0.481 e. The predicted octanol–water partition coefficient (Wildman–Crippen LogP) is 3.28. The van der Waals surface area contributed by atoms with Crippen LogP contribution >= 0.6 is 11.6 Å². The second kappa shape index (κ2) is 10.4. The van der Waals surface area contributed by atoms with Crippen molar-refractivity contribution in [2.75, 3.05) is 18.9 Å². The number of nitrogens with zero attached hydrogens (tertiary/aromatic N) is 6. The molecule has 0 amide bonds. The quantitative estimate of drug-likeness (QED) is 0.449. The molecule has 0 saturated carbocycles. The molecular weight excluding hydrogens is 470 g/mol. The van der Waals surface area contributed by atoms with Gasteiger partial charge in [0.15, 0.2) is 11.6 Å². The number of sulfonamides is 1. The van der Waals surface area contributed by atoms with Gasteiger partial charge in [-0.2, -0.15) is 0 Å². The van der Waals surface area contributed by atoms with Gasteiger partial charge in [-0.1, -0.05) is 24.6 Å². The summed E-state index contributed by atoms with van der Waals surface area (Å²) in [5, 5.41) is 7.60. The third-order valence-corrected chi connectivity index (χ3v) is 7.08. The number of anilines is 1. The zero-order valence-corrected chi connectivity index (χ0v) is 20.5. The van der Waals surface area contributed by atoms with Crippen molar-refractivity contribution in [1.82, 2.24) is 29.7 Å². The standard InChI is InChI=1S/C20H26ClN7O4S/c1-6-12(2)28-19(15-8-7-9-16(24-15)31-4)25-26-20(28)27-33(29,30)13(3)17(32-5)18-22-10-14(21)11-23-18/h7-13,17H,6H2,1-5H3,(H,26,27)/t12-,13-,17-/m0/s1. The maximum absolute atomic E-state index is 13.3. The first-order valence-electron chi connectivity index (χ1n) is 10.2. The molecule has 3 atom stereocenters. The molecule has 11 nitrogen and oxygen atoms in total. The van der Waals surface area contributed by atoms with Crippen LogP contribution in [0.5, 0.6) is 5.88 Å². The van der Waals surface area contributed by atoms with E-state index in [2.05, 4.69) is 29.9 Å². The molecule has 0 aliphatic carbocycles. The van der Waals surface area contributed by atoms with E-state index in [4.69, 9.17) is 21.1 Å². The number of nitrogens with one attached hydrogen (secondary N) is 1. The number of hydrogen-bond donors (Lipinski definition) is 1. The van der Waals surface area contributed by atoms with E-state index in [0.29, 0.717) is 28.8 Å². The Labute approximate surface area is 197 Å². The van der Waals surface area contributed by atoms with Gasteiger partial charge in [0.05, 0.1) is 12.1 Å². The predicted molar refractivity (Wildman–Crippen MR) is 124 cm³/mol.